The quantitative estimate of drug-likeness (QED) is 0.385. The number of rotatable bonds is 3. The van der Waals surface area contributed by atoms with Gasteiger partial charge in [0.1, 0.15) is 0 Å². The zero-order valence-corrected chi connectivity index (χ0v) is 18.7. The number of fused-ring (bicyclic) bond motifs is 2. The van der Waals surface area contributed by atoms with Crippen molar-refractivity contribution in [3.63, 3.8) is 0 Å². The van der Waals surface area contributed by atoms with Crippen LogP contribution in [0.2, 0.25) is 0 Å². The molecule has 3 heterocycles. The number of anilines is 2. The summed E-state index contributed by atoms with van der Waals surface area (Å²) in [6.07, 6.45) is 1.94. The Morgan fingerprint density at radius 1 is 0.625 bits per heavy atom. The summed E-state index contributed by atoms with van der Waals surface area (Å²) in [4.78, 5) is 23.2. The topological polar surface area (TPSA) is 116 Å². The summed E-state index contributed by atoms with van der Waals surface area (Å²) < 4.78 is 0. The number of nitrogens with two attached hydrogens (primary N) is 2. The van der Waals surface area contributed by atoms with E-state index >= 15 is 0 Å². The summed E-state index contributed by atoms with van der Waals surface area (Å²) in [6.45, 7) is 3.86. The van der Waals surface area contributed by atoms with Gasteiger partial charge in [0.15, 0.2) is 16.8 Å². The number of benzene rings is 2. The first-order valence-electron chi connectivity index (χ1n) is 10.1. The van der Waals surface area contributed by atoms with Crippen LogP contribution in [0.1, 0.15) is 11.4 Å². The molecule has 0 atom stereocenters. The largest absolute Gasteiger partial charge is 0.398 e. The fourth-order valence-corrected chi connectivity index (χ4v) is 4.12. The first kappa shape index (κ1) is 20.1. The predicted molar refractivity (Wildman–Crippen MR) is 131 cm³/mol. The van der Waals surface area contributed by atoms with Gasteiger partial charge in [0.25, 0.3) is 0 Å². The zero-order valence-electron chi connectivity index (χ0n) is 17.9. The zero-order chi connectivity index (χ0) is 22.4. The minimum Gasteiger partial charge on any atom is -0.398 e. The second-order valence-electron chi connectivity index (χ2n) is 7.64. The van der Waals surface area contributed by atoms with Crippen molar-refractivity contribution in [1.82, 2.24) is 24.9 Å². The van der Waals surface area contributed by atoms with Crippen molar-refractivity contribution in [2.75, 3.05) is 17.7 Å². The van der Waals surface area contributed by atoms with E-state index in [1.165, 1.54) is 11.8 Å². The highest BCUT2D eigenvalue weighted by Crippen LogP contribution is 2.30. The molecule has 5 rings (SSSR count). The third kappa shape index (κ3) is 3.58. The molecule has 158 valence electrons. The third-order valence-corrected chi connectivity index (χ3v) is 5.80. The third-order valence-electron chi connectivity index (χ3n) is 5.25. The van der Waals surface area contributed by atoms with Gasteiger partial charge in [-0.15, -0.1) is 0 Å². The lowest BCUT2D eigenvalue weighted by molar-refractivity contribution is 0.923. The summed E-state index contributed by atoms with van der Waals surface area (Å²) in [5.74, 6) is 1.16. The van der Waals surface area contributed by atoms with Gasteiger partial charge in [-0.3, -0.25) is 9.97 Å². The molecule has 4 N–H and O–H groups in total. The van der Waals surface area contributed by atoms with Crippen LogP contribution in [-0.2, 0) is 0 Å². The number of nitrogen functional groups attached to an aromatic ring is 2. The van der Waals surface area contributed by atoms with Crippen LogP contribution in [0.3, 0.4) is 0 Å². The predicted octanol–water partition coefficient (Wildman–Crippen LogP) is 4.81. The molecule has 0 radical (unpaired) electrons. The molecule has 0 fully saturated rings. The van der Waals surface area contributed by atoms with Crippen LogP contribution in [0.25, 0.3) is 44.6 Å². The van der Waals surface area contributed by atoms with E-state index in [1.54, 1.807) is 0 Å². The van der Waals surface area contributed by atoms with Crippen molar-refractivity contribution in [2.45, 2.75) is 19.0 Å². The van der Waals surface area contributed by atoms with Crippen molar-refractivity contribution < 1.29 is 0 Å². The molecule has 0 amide bonds. The number of pyridine rings is 2. The van der Waals surface area contributed by atoms with Crippen molar-refractivity contribution in [1.29, 1.82) is 0 Å². The van der Waals surface area contributed by atoms with E-state index in [0.717, 1.165) is 44.3 Å². The van der Waals surface area contributed by atoms with Crippen LogP contribution >= 0.6 is 11.8 Å². The van der Waals surface area contributed by atoms with Gasteiger partial charge >= 0.3 is 0 Å². The molecule has 0 bridgehead atoms. The summed E-state index contributed by atoms with van der Waals surface area (Å²) in [7, 11) is 0. The Kier molecular flexibility index (Phi) is 4.86. The van der Waals surface area contributed by atoms with Crippen molar-refractivity contribution in [3.05, 3.63) is 59.9 Å². The normalized spacial score (nSPS) is 11.3. The number of hydrogen-bond acceptors (Lipinski definition) is 8. The summed E-state index contributed by atoms with van der Waals surface area (Å²) in [6, 6.07) is 15.5. The van der Waals surface area contributed by atoms with Gasteiger partial charge in [-0.05, 0) is 68.6 Å². The first-order valence-corrected chi connectivity index (χ1v) is 11.3. The average molecular weight is 440 g/mol. The van der Waals surface area contributed by atoms with E-state index in [-0.39, 0.29) is 0 Å². The summed E-state index contributed by atoms with van der Waals surface area (Å²) in [5.41, 5.74) is 19.0. The van der Waals surface area contributed by atoms with E-state index < -0.39 is 0 Å². The average Bonchev–Trinajstić information content (AvgIpc) is 2.78. The molecule has 0 saturated carbocycles. The Labute approximate surface area is 189 Å². The molecule has 0 aliphatic heterocycles. The van der Waals surface area contributed by atoms with Crippen LogP contribution in [0.5, 0.6) is 0 Å². The molecule has 0 saturated heterocycles. The first-order chi connectivity index (χ1) is 15.4. The smallest absolute Gasteiger partial charge is 0.191 e. The highest BCUT2D eigenvalue weighted by molar-refractivity contribution is 7.98. The number of aromatic nitrogens is 5. The molecule has 8 heteroatoms. The lowest BCUT2D eigenvalue weighted by Gasteiger charge is -2.10. The second-order valence-corrected chi connectivity index (χ2v) is 8.41. The molecule has 0 spiro atoms. The summed E-state index contributed by atoms with van der Waals surface area (Å²) >= 11 is 1.47. The minimum atomic E-state index is 0.580. The molecule has 7 nitrogen and oxygen atoms in total. The minimum absolute atomic E-state index is 0.580. The molecule has 0 aliphatic rings. The van der Waals surface area contributed by atoms with Crippen molar-refractivity contribution in [3.8, 4) is 22.8 Å². The fraction of sp³-hybridized carbons (Fsp3) is 0.125. The fourth-order valence-electron chi connectivity index (χ4n) is 3.76. The van der Waals surface area contributed by atoms with Crippen LogP contribution < -0.4 is 11.5 Å². The Hall–Kier alpha value is -3.78. The van der Waals surface area contributed by atoms with Crippen molar-refractivity contribution >= 4 is 44.9 Å². The standard InChI is InChI=1S/C24H21N7S/c1-12-8-18(25)16-10-14(4-6-20(16)27-12)22-29-23(31-24(30-22)32-3)15-5-7-21-17(11-15)19(26)9-13(2)28-21/h4-11H,1-3H3,(H2,25,27)(H2,26,28). The second kappa shape index (κ2) is 7.72. The van der Waals surface area contributed by atoms with Gasteiger partial charge in [0.05, 0.1) is 11.0 Å². The maximum absolute atomic E-state index is 6.24. The van der Waals surface area contributed by atoms with Gasteiger partial charge in [-0.25, -0.2) is 15.0 Å². The number of hydrogen-bond donors (Lipinski definition) is 2. The van der Waals surface area contributed by atoms with E-state index in [9.17, 15) is 0 Å². The van der Waals surface area contributed by atoms with Crippen LogP contribution in [0.4, 0.5) is 11.4 Å². The van der Waals surface area contributed by atoms with E-state index in [0.29, 0.717) is 28.2 Å². The van der Waals surface area contributed by atoms with Crippen LogP contribution in [-0.4, -0.2) is 31.2 Å². The van der Waals surface area contributed by atoms with Crippen molar-refractivity contribution in [2.24, 2.45) is 0 Å². The van der Waals surface area contributed by atoms with E-state index in [4.69, 9.17) is 16.5 Å². The number of thioether (sulfide) groups is 1. The van der Waals surface area contributed by atoms with Gasteiger partial charge in [0, 0.05) is 44.7 Å². The Bertz CT molecular complexity index is 1400. The van der Waals surface area contributed by atoms with Gasteiger partial charge < -0.3 is 11.5 Å². The lowest BCUT2D eigenvalue weighted by atomic mass is 10.1. The molecule has 3 aromatic heterocycles. The van der Waals surface area contributed by atoms with Crippen LogP contribution in [0, 0.1) is 13.8 Å². The summed E-state index contributed by atoms with van der Waals surface area (Å²) in [5, 5.41) is 2.39. The highest BCUT2D eigenvalue weighted by Gasteiger charge is 2.13. The molecule has 32 heavy (non-hydrogen) atoms. The molecule has 2 aromatic carbocycles. The Balaban J connectivity index is 1.67. The SMILES string of the molecule is CSc1nc(-c2ccc3nc(C)cc(N)c3c2)nc(-c2ccc3nc(C)cc(N)c3c2)n1. The van der Waals surface area contributed by atoms with E-state index in [1.807, 2.05) is 68.6 Å². The van der Waals surface area contributed by atoms with Gasteiger partial charge in [-0.2, -0.15) is 0 Å². The Morgan fingerprint density at radius 3 is 1.53 bits per heavy atom. The molecular formula is C24H21N7S. The highest BCUT2D eigenvalue weighted by atomic mass is 32.2. The molecule has 0 unspecified atom stereocenters. The monoisotopic (exact) mass is 439 g/mol. The van der Waals surface area contributed by atoms with Crippen LogP contribution in [0.15, 0.2) is 53.7 Å². The number of aryl methyl sites for hydroxylation is 2. The Morgan fingerprint density at radius 2 is 1.09 bits per heavy atom. The number of nitrogens with zero attached hydrogens (tertiary/aromatic N) is 5. The maximum atomic E-state index is 6.24. The lowest BCUT2D eigenvalue weighted by Crippen LogP contribution is -2.00. The van der Waals surface area contributed by atoms with Gasteiger partial charge in [0.2, 0.25) is 0 Å². The molecule has 5 aromatic rings. The molecular weight excluding hydrogens is 418 g/mol. The maximum Gasteiger partial charge on any atom is 0.191 e. The molecule has 0 aliphatic carbocycles. The van der Waals surface area contributed by atoms with E-state index in [2.05, 4.69) is 19.9 Å². The van der Waals surface area contributed by atoms with Gasteiger partial charge in [-0.1, -0.05) is 11.8 Å².